The molecule has 0 aliphatic heterocycles. The number of thiazole rings is 1. The van der Waals surface area contributed by atoms with Crippen LogP contribution in [-0.4, -0.2) is 23.2 Å². The van der Waals surface area contributed by atoms with Crippen molar-refractivity contribution in [2.75, 3.05) is 6.61 Å². The van der Waals surface area contributed by atoms with Crippen LogP contribution in [0.5, 0.6) is 0 Å². The molecule has 2 rings (SSSR count). The molecule has 1 atom stereocenters. The van der Waals surface area contributed by atoms with E-state index in [9.17, 15) is 0 Å². The lowest BCUT2D eigenvalue weighted by Crippen LogP contribution is -2.51. The lowest BCUT2D eigenvalue weighted by molar-refractivity contribution is -0.0684. The quantitative estimate of drug-likeness (QED) is 0.841. The van der Waals surface area contributed by atoms with Gasteiger partial charge in [-0.2, -0.15) is 0 Å². The van der Waals surface area contributed by atoms with Crippen LogP contribution in [0.15, 0.2) is 5.38 Å². The monoisotopic (exact) mass is 282 g/mol. The molecule has 1 unspecified atom stereocenters. The molecule has 1 aliphatic rings. The number of nitrogens with zero attached hydrogens (tertiary/aromatic N) is 1. The van der Waals surface area contributed by atoms with Gasteiger partial charge in [0.05, 0.1) is 16.3 Å². The maximum absolute atomic E-state index is 6.52. The van der Waals surface area contributed by atoms with Crippen molar-refractivity contribution in [1.82, 2.24) is 4.98 Å². The van der Waals surface area contributed by atoms with Crippen LogP contribution >= 0.6 is 11.3 Å². The SMILES string of the molecule is CCOC1(C(N)Cc2csc(C)n2)CCCCCC1. The molecule has 0 saturated heterocycles. The second kappa shape index (κ2) is 6.82. The summed E-state index contributed by atoms with van der Waals surface area (Å²) in [5, 5.41) is 3.25. The smallest absolute Gasteiger partial charge is 0.0897 e. The molecule has 0 spiro atoms. The zero-order chi connectivity index (χ0) is 13.7. The first-order valence-corrected chi connectivity index (χ1v) is 8.35. The lowest BCUT2D eigenvalue weighted by atomic mass is 9.84. The van der Waals surface area contributed by atoms with E-state index >= 15 is 0 Å². The Balaban J connectivity index is 2.08. The van der Waals surface area contributed by atoms with Crippen LogP contribution < -0.4 is 5.73 Å². The molecule has 1 fully saturated rings. The molecule has 1 aromatic heterocycles. The molecular formula is C15H26N2OS. The fourth-order valence-corrected chi connectivity index (χ4v) is 3.78. The van der Waals surface area contributed by atoms with Crippen LogP contribution in [0, 0.1) is 6.92 Å². The fourth-order valence-electron chi connectivity index (χ4n) is 3.15. The summed E-state index contributed by atoms with van der Waals surface area (Å²) in [5.74, 6) is 0. The summed E-state index contributed by atoms with van der Waals surface area (Å²) in [6, 6.07) is 0.0621. The van der Waals surface area contributed by atoms with Gasteiger partial charge < -0.3 is 10.5 Å². The van der Waals surface area contributed by atoms with Gasteiger partial charge >= 0.3 is 0 Å². The zero-order valence-electron chi connectivity index (χ0n) is 12.2. The van der Waals surface area contributed by atoms with Crippen molar-refractivity contribution >= 4 is 11.3 Å². The second-order valence-corrected chi connectivity index (χ2v) is 6.64. The minimum Gasteiger partial charge on any atom is -0.374 e. The minimum absolute atomic E-state index is 0.0621. The van der Waals surface area contributed by atoms with Gasteiger partial charge in [-0.15, -0.1) is 11.3 Å². The Kier molecular flexibility index (Phi) is 5.37. The van der Waals surface area contributed by atoms with Crippen molar-refractivity contribution in [1.29, 1.82) is 0 Å². The highest BCUT2D eigenvalue weighted by atomic mass is 32.1. The predicted octanol–water partition coefficient (Wildman–Crippen LogP) is 3.45. The first-order valence-electron chi connectivity index (χ1n) is 7.47. The maximum Gasteiger partial charge on any atom is 0.0897 e. The maximum atomic E-state index is 6.52. The highest BCUT2D eigenvalue weighted by Gasteiger charge is 2.37. The Hall–Kier alpha value is -0.450. The van der Waals surface area contributed by atoms with E-state index in [2.05, 4.69) is 17.3 Å². The van der Waals surface area contributed by atoms with Gasteiger partial charge in [-0.1, -0.05) is 25.7 Å². The van der Waals surface area contributed by atoms with Gasteiger partial charge in [0, 0.05) is 24.4 Å². The standard InChI is InChI=1S/C15H26N2OS/c1-3-18-15(8-6-4-5-7-9-15)14(16)10-13-11-19-12(2)17-13/h11,14H,3-10,16H2,1-2H3. The van der Waals surface area contributed by atoms with Crippen molar-refractivity contribution in [3.05, 3.63) is 16.1 Å². The van der Waals surface area contributed by atoms with E-state index in [1.54, 1.807) is 11.3 Å². The molecule has 1 aliphatic carbocycles. The van der Waals surface area contributed by atoms with Gasteiger partial charge in [0.15, 0.2) is 0 Å². The molecule has 108 valence electrons. The fraction of sp³-hybridized carbons (Fsp3) is 0.800. The van der Waals surface area contributed by atoms with Crippen molar-refractivity contribution in [3.63, 3.8) is 0 Å². The Bertz CT molecular complexity index is 383. The molecule has 1 aromatic rings. The largest absolute Gasteiger partial charge is 0.374 e. The summed E-state index contributed by atoms with van der Waals surface area (Å²) in [7, 11) is 0. The summed E-state index contributed by atoms with van der Waals surface area (Å²) >= 11 is 1.70. The van der Waals surface area contributed by atoms with E-state index in [-0.39, 0.29) is 11.6 Å². The van der Waals surface area contributed by atoms with Crippen molar-refractivity contribution < 1.29 is 4.74 Å². The Labute approximate surface area is 120 Å². The van der Waals surface area contributed by atoms with Gasteiger partial charge in [0.25, 0.3) is 0 Å². The van der Waals surface area contributed by atoms with Crippen molar-refractivity contribution in [2.24, 2.45) is 5.73 Å². The Morgan fingerprint density at radius 3 is 2.58 bits per heavy atom. The van der Waals surface area contributed by atoms with Gasteiger partial charge in [-0.05, 0) is 26.7 Å². The number of aryl methyl sites for hydroxylation is 1. The zero-order valence-corrected chi connectivity index (χ0v) is 13.0. The molecule has 4 heteroatoms. The molecule has 0 bridgehead atoms. The van der Waals surface area contributed by atoms with Crippen LogP contribution in [0.2, 0.25) is 0 Å². The van der Waals surface area contributed by atoms with E-state index in [4.69, 9.17) is 10.5 Å². The molecule has 3 nitrogen and oxygen atoms in total. The van der Waals surface area contributed by atoms with Crippen LogP contribution in [0.1, 0.15) is 56.2 Å². The van der Waals surface area contributed by atoms with Gasteiger partial charge in [0.2, 0.25) is 0 Å². The van der Waals surface area contributed by atoms with E-state index in [0.29, 0.717) is 0 Å². The van der Waals surface area contributed by atoms with Crippen molar-refractivity contribution in [3.8, 4) is 0 Å². The third-order valence-corrected chi connectivity index (χ3v) is 4.98. The van der Waals surface area contributed by atoms with Crippen LogP contribution in [-0.2, 0) is 11.2 Å². The van der Waals surface area contributed by atoms with E-state index in [1.807, 2.05) is 6.92 Å². The van der Waals surface area contributed by atoms with Crippen LogP contribution in [0.4, 0.5) is 0 Å². The summed E-state index contributed by atoms with van der Waals surface area (Å²) < 4.78 is 6.14. The summed E-state index contributed by atoms with van der Waals surface area (Å²) in [6.45, 7) is 4.87. The van der Waals surface area contributed by atoms with Crippen LogP contribution in [0.3, 0.4) is 0 Å². The second-order valence-electron chi connectivity index (χ2n) is 5.58. The average molecular weight is 282 g/mol. The molecule has 0 aromatic carbocycles. The van der Waals surface area contributed by atoms with Gasteiger partial charge in [-0.25, -0.2) is 4.98 Å². The summed E-state index contributed by atoms with van der Waals surface area (Å²) in [6.07, 6.45) is 8.16. The molecule has 1 saturated carbocycles. The third kappa shape index (κ3) is 3.77. The predicted molar refractivity (Wildman–Crippen MR) is 80.6 cm³/mol. The Morgan fingerprint density at radius 1 is 1.37 bits per heavy atom. The first-order chi connectivity index (χ1) is 9.16. The highest BCUT2D eigenvalue weighted by Crippen LogP contribution is 2.34. The average Bonchev–Trinajstić information content (AvgIpc) is 2.65. The van der Waals surface area contributed by atoms with Crippen molar-refractivity contribution in [2.45, 2.75) is 70.4 Å². The van der Waals surface area contributed by atoms with E-state index in [0.717, 1.165) is 36.6 Å². The van der Waals surface area contributed by atoms with Crippen LogP contribution in [0.25, 0.3) is 0 Å². The minimum atomic E-state index is -0.122. The van der Waals surface area contributed by atoms with Gasteiger partial charge in [-0.3, -0.25) is 0 Å². The first kappa shape index (κ1) is 14.9. The molecule has 2 N–H and O–H groups in total. The third-order valence-electron chi connectivity index (χ3n) is 4.15. The Morgan fingerprint density at radius 2 is 2.05 bits per heavy atom. The molecule has 0 radical (unpaired) electrons. The molecule has 1 heterocycles. The normalized spacial score (nSPS) is 21.0. The molecular weight excluding hydrogens is 256 g/mol. The number of hydrogen-bond acceptors (Lipinski definition) is 4. The highest BCUT2D eigenvalue weighted by molar-refractivity contribution is 7.09. The molecule has 0 amide bonds. The number of hydrogen-bond donors (Lipinski definition) is 1. The lowest BCUT2D eigenvalue weighted by Gasteiger charge is -2.38. The number of ether oxygens (including phenoxy) is 1. The van der Waals surface area contributed by atoms with Gasteiger partial charge in [0.1, 0.15) is 0 Å². The number of nitrogens with two attached hydrogens (primary N) is 1. The number of rotatable bonds is 5. The number of aromatic nitrogens is 1. The van der Waals surface area contributed by atoms with E-state index in [1.165, 1.54) is 25.7 Å². The summed E-state index contributed by atoms with van der Waals surface area (Å²) in [5.41, 5.74) is 7.52. The topological polar surface area (TPSA) is 48.1 Å². The molecule has 19 heavy (non-hydrogen) atoms. The summed E-state index contributed by atoms with van der Waals surface area (Å²) in [4.78, 5) is 4.54. The van der Waals surface area contributed by atoms with E-state index < -0.39 is 0 Å².